The van der Waals surface area contributed by atoms with Crippen LogP contribution in [0.5, 0.6) is 0 Å². The summed E-state index contributed by atoms with van der Waals surface area (Å²) in [5, 5.41) is 9.45. The third-order valence-electron chi connectivity index (χ3n) is 6.72. The molecule has 0 fully saturated rings. The molecule has 1 unspecified atom stereocenters. The van der Waals surface area contributed by atoms with Gasteiger partial charge in [0.2, 0.25) is 0 Å². The molecule has 1 atom stereocenters. The maximum atomic E-state index is 11.9. The second-order valence-corrected chi connectivity index (χ2v) is 10.5. The Kier molecular flexibility index (Phi) is 30.7. The zero-order chi connectivity index (χ0) is 27.8. The van der Waals surface area contributed by atoms with E-state index >= 15 is 0 Å². The first-order valence-electron chi connectivity index (χ1n) is 16.1. The molecule has 4 heteroatoms. The van der Waals surface area contributed by atoms with E-state index in [1.54, 1.807) is 0 Å². The van der Waals surface area contributed by atoms with Crippen molar-refractivity contribution in [1.29, 1.82) is 0 Å². The van der Waals surface area contributed by atoms with E-state index in [0.717, 1.165) is 32.1 Å². The summed E-state index contributed by atoms with van der Waals surface area (Å²) < 4.78 is 11.0. The molecule has 0 spiro atoms. The summed E-state index contributed by atoms with van der Waals surface area (Å²) in [6.07, 6.45) is 37.6. The summed E-state index contributed by atoms with van der Waals surface area (Å²) in [6, 6.07) is 0. The van der Waals surface area contributed by atoms with E-state index < -0.39 is 6.10 Å². The van der Waals surface area contributed by atoms with Crippen LogP contribution in [-0.2, 0) is 14.3 Å². The van der Waals surface area contributed by atoms with Gasteiger partial charge in [0.05, 0.1) is 13.2 Å². The molecule has 0 aliphatic carbocycles. The summed E-state index contributed by atoms with van der Waals surface area (Å²) in [4.78, 5) is 11.9. The van der Waals surface area contributed by atoms with E-state index in [2.05, 4.69) is 50.3 Å². The molecule has 4 nitrogen and oxygen atoms in total. The molecule has 0 rings (SSSR count). The zero-order valence-electron chi connectivity index (χ0n) is 25.2. The van der Waals surface area contributed by atoms with Crippen LogP contribution in [0, 0.1) is 0 Å². The number of esters is 1. The lowest BCUT2D eigenvalue weighted by atomic mass is 10.1. The standard InChI is InChI=1S/C34H62O4/c1-3-5-7-9-11-12-13-14-15-16-17-18-19-20-21-22-23-24-26-28-30-37-32-33(31-35)38-34(36)29-27-25-10-8-6-4-2/h11-12,14-15,17-18,33,35H,3-10,13,16,19-32H2,1-2H3/b12-11-,15-14-,18-17-. The highest BCUT2D eigenvalue weighted by atomic mass is 16.6. The molecule has 1 N–H and O–H groups in total. The van der Waals surface area contributed by atoms with Crippen LogP contribution in [0.1, 0.15) is 149 Å². The summed E-state index contributed by atoms with van der Waals surface area (Å²) in [5.74, 6) is -0.216. The number of hydrogen-bond acceptors (Lipinski definition) is 4. The summed E-state index contributed by atoms with van der Waals surface area (Å²) >= 11 is 0. The second-order valence-electron chi connectivity index (χ2n) is 10.5. The minimum atomic E-state index is -0.532. The van der Waals surface area contributed by atoms with Crippen molar-refractivity contribution in [3.05, 3.63) is 36.5 Å². The number of aliphatic hydroxyl groups is 1. The van der Waals surface area contributed by atoms with Gasteiger partial charge < -0.3 is 14.6 Å². The maximum Gasteiger partial charge on any atom is 0.306 e. The number of unbranched alkanes of at least 4 members (excludes halogenated alkanes) is 15. The Balaban J connectivity index is 3.44. The van der Waals surface area contributed by atoms with Crippen LogP contribution in [0.3, 0.4) is 0 Å². The minimum absolute atomic E-state index is 0.176. The van der Waals surface area contributed by atoms with Crippen molar-refractivity contribution in [2.24, 2.45) is 0 Å². The predicted molar refractivity (Wildman–Crippen MR) is 164 cm³/mol. The van der Waals surface area contributed by atoms with Crippen LogP contribution in [0.15, 0.2) is 36.5 Å². The van der Waals surface area contributed by atoms with Gasteiger partial charge in [-0.15, -0.1) is 0 Å². The Morgan fingerprint density at radius 2 is 1.11 bits per heavy atom. The molecule has 0 radical (unpaired) electrons. The quantitative estimate of drug-likeness (QED) is 0.0589. The van der Waals surface area contributed by atoms with Crippen molar-refractivity contribution >= 4 is 5.97 Å². The van der Waals surface area contributed by atoms with Crippen molar-refractivity contribution < 1.29 is 19.4 Å². The van der Waals surface area contributed by atoms with Crippen LogP contribution in [0.25, 0.3) is 0 Å². The molecule has 0 amide bonds. The van der Waals surface area contributed by atoms with Gasteiger partial charge in [0.1, 0.15) is 6.10 Å². The van der Waals surface area contributed by atoms with Gasteiger partial charge in [0.15, 0.2) is 0 Å². The van der Waals surface area contributed by atoms with Crippen LogP contribution in [-0.4, -0.2) is 37.0 Å². The number of carbonyl (C=O) groups excluding carboxylic acids is 1. The largest absolute Gasteiger partial charge is 0.457 e. The Morgan fingerprint density at radius 3 is 1.71 bits per heavy atom. The van der Waals surface area contributed by atoms with Crippen molar-refractivity contribution in [1.82, 2.24) is 0 Å². The first kappa shape index (κ1) is 36.6. The summed E-state index contributed by atoms with van der Waals surface area (Å²) in [7, 11) is 0. The van der Waals surface area contributed by atoms with E-state index in [9.17, 15) is 9.90 Å². The Morgan fingerprint density at radius 1 is 0.632 bits per heavy atom. The van der Waals surface area contributed by atoms with Gasteiger partial charge >= 0.3 is 5.97 Å². The van der Waals surface area contributed by atoms with Gasteiger partial charge in [-0.2, -0.15) is 0 Å². The topological polar surface area (TPSA) is 55.8 Å². The Bertz CT molecular complexity index is 567. The minimum Gasteiger partial charge on any atom is -0.457 e. The average molecular weight is 535 g/mol. The van der Waals surface area contributed by atoms with E-state index in [1.807, 2.05) is 0 Å². The fourth-order valence-corrected chi connectivity index (χ4v) is 4.27. The van der Waals surface area contributed by atoms with Crippen LogP contribution in [0.2, 0.25) is 0 Å². The highest BCUT2D eigenvalue weighted by molar-refractivity contribution is 5.69. The number of hydrogen-bond donors (Lipinski definition) is 1. The molecular weight excluding hydrogens is 472 g/mol. The van der Waals surface area contributed by atoms with E-state index in [4.69, 9.17) is 9.47 Å². The van der Waals surface area contributed by atoms with Crippen molar-refractivity contribution in [2.75, 3.05) is 19.8 Å². The number of carbonyl (C=O) groups is 1. The monoisotopic (exact) mass is 534 g/mol. The lowest BCUT2D eigenvalue weighted by Gasteiger charge is -2.15. The Hall–Kier alpha value is -1.39. The molecular formula is C34H62O4. The molecule has 0 aromatic rings. The SMILES string of the molecule is CCCCC/C=C\C/C=C\C/C=C\CCCCCCCCCOCC(CO)OC(=O)CCCCCCCC. The number of ether oxygens (including phenoxy) is 2. The normalized spacial score (nSPS) is 12.8. The van der Waals surface area contributed by atoms with Gasteiger partial charge in [-0.25, -0.2) is 0 Å². The number of rotatable bonds is 29. The number of allylic oxidation sites excluding steroid dienone is 6. The molecule has 0 aliphatic rings. The fourth-order valence-electron chi connectivity index (χ4n) is 4.27. The lowest BCUT2D eigenvalue weighted by Crippen LogP contribution is -2.27. The maximum absolute atomic E-state index is 11.9. The molecule has 38 heavy (non-hydrogen) atoms. The predicted octanol–water partition coefficient (Wildman–Crippen LogP) is 9.81. The van der Waals surface area contributed by atoms with Crippen molar-refractivity contribution in [3.8, 4) is 0 Å². The zero-order valence-corrected chi connectivity index (χ0v) is 25.2. The van der Waals surface area contributed by atoms with Crippen LogP contribution in [0.4, 0.5) is 0 Å². The van der Waals surface area contributed by atoms with E-state index in [0.29, 0.717) is 13.0 Å². The number of aliphatic hydroxyl groups excluding tert-OH is 1. The second kappa shape index (κ2) is 31.8. The summed E-state index contributed by atoms with van der Waals surface area (Å²) in [5.41, 5.74) is 0. The van der Waals surface area contributed by atoms with Gasteiger partial charge in [0, 0.05) is 13.0 Å². The average Bonchev–Trinajstić information content (AvgIpc) is 2.92. The van der Waals surface area contributed by atoms with Crippen molar-refractivity contribution in [3.63, 3.8) is 0 Å². The fraction of sp³-hybridized carbons (Fsp3) is 0.794. The molecule has 0 bridgehead atoms. The van der Waals surface area contributed by atoms with Crippen LogP contribution >= 0.6 is 0 Å². The third kappa shape index (κ3) is 29.2. The highest BCUT2D eigenvalue weighted by Crippen LogP contribution is 2.10. The molecule has 0 heterocycles. The van der Waals surface area contributed by atoms with Gasteiger partial charge in [0.25, 0.3) is 0 Å². The summed E-state index contributed by atoms with van der Waals surface area (Å²) in [6.45, 7) is 5.23. The van der Waals surface area contributed by atoms with E-state index in [1.165, 1.54) is 96.3 Å². The van der Waals surface area contributed by atoms with Gasteiger partial charge in [-0.1, -0.05) is 127 Å². The highest BCUT2D eigenvalue weighted by Gasteiger charge is 2.13. The lowest BCUT2D eigenvalue weighted by molar-refractivity contribution is -0.154. The first-order chi connectivity index (χ1) is 18.7. The van der Waals surface area contributed by atoms with Crippen molar-refractivity contribution in [2.45, 2.75) is 155 Å². The van der Waals surface area contributed by atoms with Crippen LogP contribution < -0.4 is 0 Å². The molecule has 0 saturated carbocycles. The third-order valence-corrected chi connectivity index (χ3v) is 6.72. The molecule has 222 valence electrons. The first-order valence-corrected chi connectivity index (χ1v) is 16.1. The van der Waals surface area contributed by atoms with Gasteiger partial charge in [-0.3, -0.25) is 4.79 Å². The molecule has 0 aromatic heterocycles. The van der Waals surface area contributed by atoms with E-state index in [-0.39, 0.29) is 19.2 Å². The van der Waals surface area contributed by atoms with Gasteiger partial charge in [-0.05, 0) is 51.4 Å². The molecule has 0 aromatic carbocycles. The Labute approximate surface area is 236 Å². The smallest absolute Gasteiger partial charge is 0.306 e. The molecule has 0 aliphatic heterocycles. The molecule has 0 saturated heterocycles.